The van der Waals surface area contributed by atoms with Gasteiger partial charge in [-0.05, 0) is 19.3 Å². The van der Waals surface area contributed by atoms with Crippen molar-refractivity contribution in [2.24, 2.45) is 0 Å². The predicted molar refractivity (Wildman–Crippen MR) is 62.9 cm³/mol. The fourth-order valence-electron chi connectivity index (χ4n) is 2.42. The molecule has 1 fully saturated rings. The fraction of sp³-hybridized carbons (Fsp3) is 0.545. The summed E-state index contributed by atoms with van der Waals surface area (Å²) in [7, 11) is 0. The van der Waals surface area contributed by atoms with Crippen molar-refractivity contribution >= 4 is 11.5 Å². The van der Waals surface area contributed by atoms with Crippen LogP contribution in [-0.2, 0) is 0 Å². The first-order valence-corrected chi connectivity index (χ1v) is 5.92. The Morgan fingerprint density at radius 3 is 3.24 bits per heavy atom. The Morgan fingerprint density at radius 1 is 1.41 bits per heavy atom. The van der Waals surface area contributed by atoms with Crippen LogP contribution >= 0.6 is 0 Å². The van der Waals surface area contributed by atoms with E-state index in [0.29, 0.717) is 0 Å². The van der Waals surface area contributed by atoms with Gasteiger partial charge in [0.15, 0.2) is 5.82 Å². The Balaban J connectivity index is 2.04. The van der Waals surface area contributed by atoms with Crippen molar-refractivity contribution in [3.05, 3.63) is 18.7 Å². The topological polar surface area (TPSA) is 66.5 Å². The Labute approximate surface area is 98.9 Å². The molecule has 1 aliphatic rings. The monoisotopic (exact) mass is 233 g/mol. The van der Waals surface area contributed by atoms with E-state index >= 15 is 0 Å². The van der Waals surface area contributed by atoms with Crippen LogP contribution < -0.4 is 4.90 Å². The minimum Gasteiger partial charge on any atom is -0.394 e. The third-order valence-corrected chi connectivity index (χ3v) is 3.31. The van der Waals surface area contributed by atoms with Gasteiger partial charge < -0.3 is 10.0 Å². The number of aliphatic hydroxyl groups is 1. The molecule has 0 radical (unpaired) electrons. The van der Waals surface area contributed by atoms with Crippen molar-refractivity contribution < 1.29 is 5.11 Å². The first-order chi connectivity index (χ1) is 8.40. The number of anilines is 1. The first kappa shape index (κ1) is 10.5. The Kier molecular flexibility index (Phi) is 2.64. The smallest absolute Gasteiger partial charge is 0.203 e. The van der Waals surface area contributed by atoms with Crippen LogP contribution in [0.5, 0.6) is 0 Å². The lowest BCUT2D eigenvalue weighted by molar-refractivity contribution is 0.239. The zero-order chi connectivity index (χ0) is 11.7. The number of nitrogens with zero attached hydrogens (tertiary/aromatic N) is 5. The fourth-order valence-corrected chi connectivity index (χ4v) is 2.42. The summed E-state index contributed by atoms with van der Waals surface area (Å²) in [6, 6.07) is 0.152. The highest BCUT2D eigenvalue weighted by Crippen LogP contribution is 2.25. The van der Waals surface area contributed by atoms with Gasteiger partial charge in [0, 0.05) is 18.9 Å². The van der Waals surface area contributed by atoms with E-state index in [1.807, 2.05) is 10.6 Å². The van der Waals surface area contributed by atoms with E-state index in [0.717, 1.165) is 37.3 Å². The van der Waals surface area contributed by atoms with Gasteiger partial charge in [-0.25, -0.2) is 4.98 Å². The molecule has 0 bridgehead atoms. The molecule has 17 heavy (non-hydrogen) atoms. The van der Waals surface area contributed by atoms with E-state index < -0.39 is 0 Å². The van der Waals surface area contributed by atoms with Crippen LogP contribution in [-0.4, -0.2) is 43.9 Å². The van der Waals surface area contributed by atoms with Crippen LogP contribution in [0.2, 0.25) is 0 Å². The molecule has 1 saturated heterocycles. The van der Waals surface area contributed by atoms with Crippen molar-refractivity contribution in [3.63, 3.8) is 0 Å². The van der Waals surface area contributed by atoms with Gasteiger partial charge in [0.05, 0.1) is 12.6 Å². The summed E-state index contributed by atoms with van der Waals surface area (Å²) in [4.78, 5) is 6.54. The highest BCUT2D eigenvalue weighted by molar-refractivity contribution is 5.63. The van der Waals surface area contributed by atoms with E-state index in [9.17, 15) is 5.11 Å². The molecule has 3 rings (SSSR count). The third-order valence-electron chi connectivity index (χ3n) is 3.31. The van der Waals surface area contributed by atoms with Gasteiger partial charge >= 0.3 is 0 Å². The Bertz CT molecular complexity index is 511. The molecule has 0 aliphatic carbocycles. The number of piperidine rings is 1. The van der Waals surface area contributed by atoms with Crippen LogP contribution in [0.1, 0.15) is 19.3 Å². The second-order valence-electron chi connectivity index (χ2n) is 4.34. The minimum atomic E-state index is 0.152. The molecule has 0 saturated carbocycles. The van der Waals surface area contributed by atoms with Crippen molar-refractivity contribution in [1.29, 1.82) is 0 Å². The van der Waals surface area contributed by atoms with Crippen LogP contribution in [0.25, 0.3) is 5.65 Å². The summed E-state index contributed by atoms with van der Waals surface area (Å²) in [5, 5.41) is 17.4. The zero-order valence-electron chi connectivity index (χ0n) is 9.53. The normalized spacial score (nSPS) is 21.0. The van der Waals surface area contributed by atoms with E-state index in [4.69, 9.17) is 0 Å². The molecule has 1 atom stereocenters. The molecular formula is C11H15N5O. The summed E-state index contributed by atoms with van der Waals surface area (Å²) < 4.78 is 1.85. The van der Waals surface area contributed by atoms with Crippen molar-refractivity contribution in [1.82, 2.24) is 19.6 Å². The van der Waals surface area contributed by atoms with Crippen LogP contribution in [0.4, 0.5) is 5.82 Å². The summed E-state index contributed by atoms with van der Waals surface area (Å²) in [6.45, 7) is 1.08. The van der Waals surface area contributed by atoms with E-state index in [1.54, 1.807) is 12.5 Å². The average Bonchev–Trinajstić information content (AvgIpc) is 2.86. The van der Waals surface area contributed by atoms with Crippen molar-refractivity contribution in [3.8, 4) is 0 Å². The molecule has 2 aromatic rings. The van der Waals surface area contributed by atoms with Gasteiger partial charge in [0.2, 0.25) is 5.65 Å². The van der Waals surface area contributed by atoms with E-state index in [1.165, 1.54) is 0 Å². The minimum absolute atomic E-state index is 0.152. The van der Waals surface area contributed by atoms with Crippen LogP contribution in [0.3, 0.4) is 0 Å². The van der Waals surface area contributed by atoms with E-state index in [2.05, 4.69) is 20.1 Å². The van der Waals surface area contributed by atoms with E-state index in [-0.39, 0.29) is 12.6 Å². The van der Waals surface area contributed by atoms with Crippen molar-refractivity contribution in [2.45, 2.75) is 25.3 Å². The van der Waals surface area contributed by atoms with Gasteiger partial charge in [-0.15, -0.1) is 10.2 Å². The summed E-state index contributed by atoms with van der Waals surface area (Å²) in [5.41, 5.74) is 0.757. The van der Waals surface area contributed by atoms with Crippen LogP contribution in [0, 0.1) is 0 Å². The summed E-state index contributed by atoms with van der Waals surface area (Å²) >= 11 is 0. The predicted octanol–water partition coefficient (Wildman–Crippen LogP) is 0.476. The first-order valence-electron chi connectivity index (χ1n) is 5.92. The molecule has 1 unspecified atom stereocenters. The lowest BCUT2D eigenvalue weighted by Crippen LogP contribution is -2.42. The maximum absolute atomic E-state index is 9.43. The quantitative estimate of drug-likeness (QED) is 0.817. The lowest BCUT2D eigenvalue weighted by Gasteiger charge is -2.35. The Morgan fingerprint density at radius 2 is 2.35 bits per heavy atom. The molecule has 0 aromatic carbocycles. The SMILES string of the molecule is OCC1CCCCN1c1nccn2cnnc12. The molecule has 1 aliphatic heterocycles. The number of aromatic nitrogens is 4. The standard InChI is InChI=1S/C11H15N5O/c17-7-9-3-1-2-5-16(9)10-11-14-13-8-15(11)6-4-12-10/h4,6,8-9,17H,1-3,5,7H2. The van der Waals surface area contributed by atoms with Gasteiger partial charge in [0.1, 0.15) is 6.33 Å². The average molecular weight is 233 g/mol. The van der Waals surface area contributed by atoms with Gasteiger partial charge in [-0.2, -0.15) is 0 Å². The Hall–Kier alpha value is -1.69. The molecule has 6 heteroatoms. The molecular weight excluding hydrogens is 218 g/mol. The molecule has 3 heterocycles. The van der Waals surface area contributed by atoms with Gasteiger partial charge in [-0.1, -0.05) is 0 Å². The zero-order valence-corrected chi connectivity index (χ0v) is 9.53. The molecule has 0 spiro atoms. The number of rotatable bonds is 2. The molecule has 0 amide bonds. The second-order valence-corrected chi connectivity index (χ2v) is 4.34. The summed E-state index contributed by atoms with van der Waals surface area (Å²) in [5.74, 6) is 0.823. The molecule has 90 valence electrons. The van der Waals surface area contributed by atoms with Crippen LogP contribution in [0.15, 0.2) is 18.7 Å². The summed E-state index contributed by atoms with van der Waals surface area (Å²) in [6.07, 6.45) is 8.54. The molecule has 6 nitrogen and oxygen atoms in total. The number of fused-ring (bicyclic) bond motifs is 1. The largest absolute Gasteiger partial charge is 0.394 e. The van der Waals surface area contributed by atoms with Gasteiger partial charge in [0.25, 0.3) is 0 Å². The van der Waals surface area contributed by atoms with Crippen molar-refractivity contribution in [2.75, 3.05) is 18.1 Å². The molecule has 1 N–H and O–H groups in total. The highest BCUT2D eigenvalue weighted by Gasteiger charge is 2.25. The maximum atomic E-state index is 9.43. The maximum Gasteiger partial charge on any atom is 0.203 e. The second kappa shape index (κ2) is 4.29. The number of aliphatic hydroxyl groups excluding tert-OH is 1. The molecule has 2 aromatic heterocycles. The number of hydrogen-bond donors (Lipinski definition) is 1. The van der Waals surface area contributed by atoms with Gasteiger partial charge in [-0.3, -0.25) is 4.40 Å². The number of hydrogen-bond acceptors (Lipinski definition) is 5. The highest BCUT2D eigenvalue weighted by atomic mass is 16.3. The third kappa shape index (κ3) is 1.74. The lowest BCUT2D eigenvalue weighted by atomic mass is 10.0.